The predicted molar refractivity (Wildman–Crippen MR) is 73.6 cm³/mol. The summed E-state index contributed by atoms with van der Waals surface area (Å²) in [6.45, 7) is 1.32. The van der Waals surface area contributed by atoms with Crippen molar-refractivity contribution in [1.29, 1.82) is 0 Å². The Morgan fingerprint density at radius 2 is 2.28 bits per heavy atom. The SMILES string of the molecule is COCCCCNC(=O)c1ccc(C(N)=S)cn1. The number of carbonyl (C=O) groups is 1. The summed E-state index contributed by atoms with van der Waals surface area (Å²) in [5.74, 6) is -0.193. The lowest BCUT2D eigenvalue weighted by Gasteiger charge is -2.05. The molecule has 0 saturated heterocycles. The van der Waals surface area contributed by atoms with E-state index in [-0.39, 0.29) is 10.9 Å². The number of hydrogen-bond acceptors (Lipinski definition) is 4. The van der Waals surface area contributed by atoms with Gasteiger partial charge >= 0.3 is 0 Å². The van der Waals surface area contributed by atoms with Crippen LogP contribution in [0.25, 0.3) is 0 Å². The summed E-state index contributed by atoms with van der Waals surface area (Å²) >= 11 is 4.81. The van der Waals surface area contributed by atoms with Gasteiger partial charge in [0.2, 0.25) is 0 Å². The average molecular weight is 267 g/mol. The zero-order chi connectivity index (χ0) is 13.4. The van der Waals surface area contributed by atoms with E-state index in [0.717, 1.165) is 12.8 Å². The molecule has 0 radical (unpaired) electrons. The molecule has 0 aromatic carbocycles. The van der Waals surface area contributed by atoms with Crippen molar-refractivity contribution in [1.82, 2.24) is 10.3 Å². The molecule has 1 aromatic rings. The van der Waals surface area contributed by atoms with Gasteiger partial charge < -0.3 is 15.8 Å². The number of methoxy groups -OCH3 is 1. The molecule has 0 spiro atoms. The number of thiocarbonyl (C=S) groups is 1. The Balaban J connectivity index is 2.39. The van der Waals surface area contributed by atoms with Crippen molar-refractivity contribution >= 4 is 23.1 Å². The summed E-state index contributed by atoms with van der Waals surface area (Å²) in [4.78, 5) is 16.0. The van der Waals surface area contributed by atoms with Crippen LogP contribution >= 0.6 is 12.2 Å². The first kappa shape index (κ1) is 14.5. The number of ether oxygens (including phenoxy) is 1. The molecule has 1 amide bonds. The molecule has 0 atom stereocenters. The number of unbranched alkanes of at least 4 members (excludes halogenated alkanes) is 1. The Bertz CT molecular complexity index is 406. The van der Waals surface area contributed by atoms with Gasteiger partial charge in [0, 0.05) is 32.0 Å². The maximum Gasteiger partial charge on any atom is 0.269 e. The van der Waals surface area contributed by atoms with Crippen LogP contribution in [0.2, 0.25) is 0 Å². The third-order valence-corrected chi connectivity index (χ3v) is 2.58. The van der Waals surface area contributed by atoms with E-state index < -0.39 is 0 Å². The third kappa shape index (κ3) is 4.77. The van der Waals surface area contributed by atoms with Crippen LogP contribution in [0, 0.1) is 0 Å². The Morgan fingerprint density at radius 1 is 1.50 bits per heavy atom. The highest BCUT2D eigenvalue weighted by Crippen LogP contribution is 2.00. The van der Waals surface area contributed by atoms with Crippen LogP contribution < -0.4 is 11.1 Å². The minimum absolute atomic E-state index is 0.193. The summed E-state index contributed by atoms with van der Waals surface area (Å²) in [5.41, 5.74) is 6.46. The fourth-order valence-electron chi connectivity index (χ4n) is 1.34. The van der Waals surface area contributed by atoms with E-state index in [2.05, 4.69) is 10.3 Å². The molecule has 0 unspecified atom stereocenters. The Labute approximate surface area is 112 Å². The quantitative estimate of drug-likeness (QED) is 0.566. The summed E-state index contributed by atoms with van der Waals surface area (Å²) in [6, 6.07) is 3.30. The van der Waals surface area contributed by atoms with Crippen molar-refractivity contribution in [2.75, 3.05) is 20.3 Å². The Kier molecular flexibility index (Phi) is 6.24. The van der Waals surface area contributed by atoms with Gasteiger partial charge in [0.15, 0.2) is 0 Å². The zero-order valence-electron chi connectivity index (χ0n) is 10.3. The van der Waals surface area contributed by atoms with Gasteiger partial charge in [-0.25, -0.2) is 0 Å². The van der Waals surface area contributed by atoms with Crippen LogP contribution in [0.5, 0.6) is 0 Å². The lowest BCUT2D eigenvalue weighted by Crippen LogP contribution is -2.25. The first-order chi connectivity index (χ1) is 8.65. The topological polar surface area (TPSA) is 77.2 Å². The number of aromatic nitrogens is 1. The van der Waals surface area contributed by atoms with Gasteiger partial charge in [-0.15, -0.1) is 0 Å². The number of nitrogens with one attached hydrogen (secondary N) is 1. The van der Waals surface area contributed by atoms with E-state index in [9.17, 15) is 4.79 Å². The number of carbonyl (C=O) groups excluding carboxylic acids is 1. The van der Waals surface area contributed by atoms with Crippen molar-refractivity contribution in [3.05, 3.63) is 29.6 Å². The molecule has 98 valence electrons. The number of nitrogens with zero attached hydrogens (tertiary/aromatic N) is 1. The normalized spacial score (nSPS) is 10.1. The molecule has 0 aliphatic carbocycles. The monoisotopic (exact) mass is 267 g/mol. The van der Waals surface area contributed by atoms with Crippen LogP contribution in [0.15, 0.2) is 18.3 Å². The first-order valence-electron chi connectivity index (χ1n) is 5.68. The van der Waals surface area contributed by atoms with Gasteiger partial charge in [-0.2, -0.15) is 0 Å². The predicted octanol–water partition coefficient (Wildman–Crippen LogP) is 0.872. The van der Waals surface area contributed by atoms with Gasteiger partial charge in [0.05, 0.1) is 0 Å². The van der Waals surface area contributed by atoms with Gasteiger partial charge in [-0.05, 0) is 25.0 Å². The Hall–Kier alpha value is -1.53. The van der Waals surface area contributed by atoms with Crippen LogP contribution in [0.3, 0.4) is 0 Å². The van der Waals surface area contributed by atoms with E-state index >= 15 is 0 Å². The molecule has 0 bridgehead atoms. The second-order valence-corrected chi connectivity index (χ2v) is 4.19. The smallest absolute Gasteiger partial charge is 0.269 e. The van der Waals surface area contributed by atoms with E-state index in [1.165, 1.54) is 6.20 Å². The van der Waals surface area contributed by atoms with Crippen molar-refractivity contribution in [3.63, 3.8) is 0 Å². The van der Waals surface area contributed by atoms with E-state index in [1.54, 1.807) is 19.2 Å². The summed E-state index contributed by atoms with van der Waals surface area (Å²) in [7, 11) is 1.66. The second-order valence-electron chi connectivity index (χ2n) is 3.75. The third-order valence-electron chi connectivity index (χ3n) is 2.34. The van der Waals surface area contributed by atoms with E-state index in [4.69, 9.17) is 22.7 Å². The highest BCUT2D eigenvalue weighted by Gasteiger charge is 2.06. The van der Waals surface area contributed by atoms with Gasteiger partial charge in [0.25, 0.3) is 5.91 Å². The van der Waals surface area contributed by atoms with Gasteiger partial charge in [-0.1, -0.05) is 12.2 Å². The number of nitrogens with two attached hydrogens (primary N) is 1. The summed E-state index contributed by atoms with van der Waals surface area (Å²) in [6.07, 6.45) is 3.30. The standard InChI is InChI=1S/C12H17N3O2S/c1-17-7-3-2-6-14-12(16)10-5-4-9(8-15-10)11(13)18/h4-5,8H,2-3,6-7H2,1H3,(H2,13,18)(H,14,16). The van der Waals surface area contributed by atoms with Crippen LogP contribution in [-0.2, 0) is 4.74 Å². The number of amides is 1. The molecule has 0 aliphatic heterocycles. The molecular weight excluding hydrogens is 250 g/mol. The van der Waals surface area contributed by atoms with Gasteiger partial charge in [-0.3, -0.25) is 9.78 Å². The first-order valence-corrected chi connectivity index (χ1v) is 6.09. The van der Waals surface area contributed by atoms with Crippen LogP contribution in [-0.4, -0.2) is 36.1 Å². The van der Waals surface area contributed by atoms with Crippen molar-refractivity contribution in [2.45, 2.75) is 12.8 Å². The van der Waals surface area contributed by atoms with Crippen LogP contribution in [0.4, 0.5) is 0 Å². The molecule has 18 heavy (non-hydrogen) atoms. The molecule has 5 nitrogen and oxygen atoms in total. The largest absolute Gasteiger partial charge is 0.389 e. The minimum Gasteiger partial charge on any atom is -0.389 e. The second kappa shape index (κ2) is 7.73. The van der Waals surface area contributed by atoms with Crippen molar-refractivity contribution in [3.8, 4) is 0 Å². The molecule has 6 heteroatoms. The maximum atomic E-state index is 11.7. The molecule has 1 rings (SSSR count). The van der Waals surface area contributed by atoms with Crippen molar-refractivity contribution in [2.24, 2.45) is 5.73 Å². The summed E-state index contributed by atoms with van der Waals surface area (Å²) < 4.78 is 4.92. The van der Waals surface area contributed by atoms with E-state index in [0.29, 0.717) is 24.4 Å². The maximum absolute atomic E-state index is 11.7. The number of hydrogen-bond donors (Lipinski definition) is 2. The molecular formula is C12H17N3O2S. The molecule has 0 saturated carbocycles. The molecule has 1 aromatic heterocycles. The van der Waals surface area contributed by atoms with E-state index in [1.807, 2.05) is 0 Å². The lowest BCUT2D eigenvalue weighted by molar-refractivity contribution is 0.0946. The number of rotatable bonds is 7. The van der Waals surface area contributed by atoms with Gasteiger partial charge in [0.1, 0.15) is 10.7 Å². The minimum atomic E-state index is -0.193. The molecule has 0 fully saturated rings. The Morgan fingerprint density at radius 3 is 2.83 bits per heavy atom. The zero-order valence-corrected chi connectivity index (χ0v) is 11.1. The summed E-state index contributed by atoms with van der Waals surface area (Å²) in [5, 5.41) is 2.79. The number of pyridine rings is 1. The highest BCUT2D eigenvalue weighted by atomic mass is 32.1. The fourth-order valence-corrected chi connectivity index (χ4v) is 1.46. The molecule has 1 heterocycles. The fraction of sp³-hybridized carbons (Fsp3) is 0.417. The lowest BCUT2D eigenvalue weighted by atomic mass is 10.2. The highest BCUT2D eigenvalue weighted by molar-refractivity contribution is 7.80. The average Bonchev–Trinajstić information content (AvgIpc) is 2.38. The molecule has 3 N–H and O–H groups in total. The molecule has 0 aliphatic rings. The van der Waals surface area contributed by atoms with Crippen molar-refractivity contribution < 1.29 is 9.53 Å². The van der Waals surface area contributed by atoms with Crippen LogP contribution in [0.1, 0.15) is 28.9 Å².